The molecule has 10 nitrogen and oxygen atoms in total. The fourth-order valence-corrected chi connectivity index (χ4v) is 4.54. The standard InChI is InChI=1S/C34H30Cl2N6O4/c1-19-5-11-25(12-6-19)37-33(45)31(21(3)43)41-39-29-15-9-23(17-27(29)35)24-10-16-30(28(36)18-24)40-42-32(22(4)44)34(46)38-26-13-7-20(2)8-14-26/h5-18,31-32H,1-4H3,(H,37,45)(H,38,46)/t31-,32-/m0/s1. The van der Waals surface area contributed by atoms with Crippen molar-refractivity contribution in [3.05, 3.63) is 106 Å². The second-order valence-corrected chi connectivity index (χ2v) is 11.3. The van der Waals surface area contributed by atoms with E-state index >= 15 is 0 Å². The second kappa shape index (κ2) is 15.3. The summed E-state index contributed by atoms with van der Waals surface area (Å²) in [5, 5.41) is 21.9. The number of benzene rings is 4. The number of anilines is 2. The van der Waals surface area contributed by atoms with Gasteiger partial charge in [-0.1, -0.05) is 70.7 Å². The lowest BCUT2D eigenvalue weighted by Crippen LogP contribution is -2.31. The molecule has 0 radical (unpaired) electrons. The van der Waals surface area contributed by atoms with E-state index in [2.05, 4.69) is 31.1 Å². The van der Waals surface area contributed by atoms with Crippen molar-refractivity contribution in [2.45, 2.75) is 39.8 Å². The van der Waals surface area contributed by atoms with Gasteiger partial charge in [-0.2, -0.15) is 20.5 Å². The van der Waals surface area contributed by atoms with Gasteiger partial charge in [-0.3, -0.25) is 19.2 Å². The molecule has 0 aromatic heterocycles. The van der Waals surface area contributed by atoms with Crippen LogP contribution in [0.25, 0.3) is 11.1 Å². The minimum absolute atomic E-state index is 0.228. The first kappa shape index (κ1) is 33.8. The van der Waals surface area contributed by atoms with Crippen molar-refractivity contribution in [3.63, 3.8) is 0 Å². The highest BCUT2D eigenvalue weighted by molar-refractivity contribution is 6.34. The molecule has 4 aromatic carbocycles. The van der Waals surface area contributed by atoms with E-state index in [1.807, 2.05) is 38.1 Å². The summed E-state index contributed by atoms with van der Waals surface area (Å²) in [5.41, 5.74) is 5.02. The van der Waals surface area contributed by atoms with Crippen molar-refractivity contribution >= 4 is 69.3 Å². The number of halogens is 2. The molecule has 0 unspecified atom stereocenters. The Morgan fingerprint density at radius 3 is 1.22 bits per heavy atom. The van der Waals surface area contributed by atoms with Crippen LogP contribution in [0.5, 0.6) is 0 Å². The number of carbonyl (C=O) groups is 4. The van der Waals surface area contributed by atoms with Crippen LogP contribution in [0.2, 0.25) is 10.0 Å². The number of hydrogen-bond donors (Lipinski definition) is 2. The summed E-state index contributed by atoms with van der Waals surface area (Å²) in [4.78, 5) is 49.7. The Bertz CT molecular complexity index is 1700. The van der Waals surface area contributed by atoms with Gasteiger partial charge in [0.1, 0.15) is 11.4 Å². The molecular formula is C34H30Cl2N6O4. The molecule has 0 fully saturated rings. The van der Waals surface area contributed by atoms with E-state index in [1.54, 1.807) is 60.7 Å². The van der Waals surface area contributed by atoms with Crippen molar-refractivity contribution in [2.75, 3.05) is 10.6 Å². The Kier molecular flexibility index (Phi) is 11.2. The number of azo groups is 2. The molecule has 4 aromatic rings. The van der Waals surface area contributed by atoms with Gasteiger partial charge >= 0.3 is 0 Å². The SMILES string of the molecule is CC(=O)[C@H](N=Nc1ccc(-c2ccc(N=N[C@@H](C(C)=O)C(=O)Nc3ccc(C)cc3)c(Cl)c2)cc1Cl)C(=O)Nc1ccc(C)cc1. The number of rotatable bonds is 11. The fourth-order valence-electron chi connectivity index (χ4n) is 4.11. The minimum Gasteiger partial charge on any atom is -0.324 e. The maximum absolute atomic E-state index is 12.7. The van der Waals surface area contributed by atoms with Gasteiger partial charge in [0.05, 0.1) is 10.0 Å². The van der Waals surface area contributed by atoms with Crippen molar-refractivity contribution in [3.8, 4) is 11.1 Å². The second-order valence-electron chi connectivity index (χ2n) is 10.5. The van der Waals surface area contributed by atoms with Crippen molar-refractivity contribution in [1.29, 1.82) is 0 Å². The predicted molar refractivity (Wildman–Crippen MR) is 179 cm³/mol. The summed E-state index contributed by atoms with van der Waals surface area (Å²) < 4.78 is 0. The summed E-state index contributed by atoms with van der Waals surface area (Å²) in [6.45, 7) is 6.37. The Labute approximate surface area is 275 Å². The molecule has 2 atom stereocenters. The summed E-state index contributed by atoms with van der Waals surface area (Å²) >= 11 is 12.9. The molecule has 4 rings (SSSR count). The Morgan fingerprint density at radius 1 is 0.565 bits per heavy atom. The monoisotopic (exact) mass is 656 g/mol. The smallest absolute Gasteiger partial charge is 0.258 e. The highest BCUT2D eigenvalue weighted by Gasteiger charge is 2.24. The maximum Gasteiger partial charge on any atom is 0.258 e. The summed E-state index contributed by atoms with van der Waals surface area (Å²) in [6, 6.07) is 21.5. The quantitative estimate of drug-likeness (QED) is 0.123. The first-order valence-corrected chi connectivity index (χ1v) is 14.8. The summed E-state index contributed by atoms with van der Waals surface area (Å²) in [5.74, 6) is -2.17. The number of ketones is 2. The van der Waals surface area contributed by atoms with Gasteiger partial charge in [0.15, 0.2) is 11.6 Å². The average molecular weight is 658 g/mol. The number of aryl methyl sites for hydroxylation is 2. The van der Waals surface area contributed by atoms with Crippen LogP contribution in [0.3, 0.4) is 0 Å². The molecule has 12 heteroatoms. The Balaban J connectivity index is 1.46. The zero-order valence-corrected chi connectivity index (χ0v) is 26.9. The Morgan fingerprint density at radius 2 is 0.913 bits per heavy atom. The van der Waals surface area contributed by atoms with Crippen molar-refractivity contribution in [1.82, 2.24) is 0 Å². The van der Waals surface area contributed by atoms with Gasteiger partial charge in [0.25, 0.3) is 11.8 Å². The Hall–Kier alpha value is -5.06. The third-order valence-electron chi connectivity index (χ3n) is 6.70. The number of Topliss-reactive ketones (excluding diaryl/α,β-unsaturated/α-hetero) is 2. The van der Waals surface area contributed by atoms with Crippen LogP contribution in [0.15, 0.2) is 105 Å². The maximum atomic E-state index is 12.7. The van der Waals surface area contributed by atoms with E-state index in [0.29, 0.717) is 22.5 Å². The van der Waals surface area contributed by atoms with E-state index in [4.69, 9.17) is 23.2 Å². The zero-order chi connectivity index (χ0) is 33.4. The molecule has 0 saturated carbocycles. The first-order valence-electron chi connectivity index (χ1n) is 14.1. The number of hydrogen-bond acceptors (Lipinski definition) is 8. The summed E-state index contributed by atoms with van der Waals surface area (Å²) in [6.07, 6.45) is 0. The van der Waals surface area contributed by atoms with Gasteiger partial charge in [-0.15, -0.1) is 0 Å². The third kappa shape index (κ3) is 8.99. The molecule has 0 aliphatic rings. The largest absolute Gasteiger partial charge is 0.324 e. The normalized spacial score (nSPS) is 12.6. The topological polar surface area (TPSA) is 142 Å². The molecule has 234 valence electrons. The van der Waals surface area contributed by atoms with Crippen molar-refractivity contribution < 1.29 is 19.2 Å². The number of nitrogens with zero attached hydrogens (tertiary/aromatic N) is 4. The molecule has 0 heterocycles. The van der Waals surface area contributed by atoms with Crippen LogP contribution < -0.4 is 10.6 Å². The molecule has 46 heavy (non-hydrogen) atoms. The van der Waals surface area contributed by atoms with Crippen molar-refractivity contribution in [2.24, 2.45) is 20.5 Å². The molecule has 2 N–H and O–H groups in total. The minimum atomic E-state index is -1.35. The first-order chi connectivity index (χ1) is 21.9. The van der Waals surface area contributed by atoms with E-state index < -0.39 is 35.5 Å². The molecule has 0 bridgehead atoms. The molecular weight excluding hydrogens is 627 g/mol. The molecule has 0 aliphatic carbocycles. The lowest BCUT2D eigenvalue weighted by atomic mass is 10.0. The van der Waals surface area contributed by atoms with Crippen LogP contribution in [-0.4, -0.2) is 35.5 Å². The van der Waals surface area contributed by atoms with Gasteiger partial charge in [0.2, 0.25) is 12.1 Å². The lowest BCUT2D eigenvalue weighted by molar-refractivity contribution is -0.127. The van der Waals surface area contributed by atoms with Gasteiger partial charge < -0.3 is 10.6 Å². The molecule has 0 saturated heterocycles. The lowest BCUT2D eigenvalue weighted by Gasteiger charge is -2.10. The van der Waals surface area contributed by atoms with Gasteiger partial charge in [-0.05, 0) is 87.4 Å². The van der Waals surface area contributed by atoms with E-state index in [0.717, 1.165) is 11.1 Å². The van der Waals surface area contributed by atoms with Gasteiger partial charge in [0, 0.05) is 11.4 Å². The average Bonchev–Trinajstić information content (AvgIpc) is 3.00. The number of amides is 2. The van der Waals surface area contributed by atoms with Gasteiger partial charge in [-0.25, -0.2) is 0 Å². The number of carbonyl (C=O) groups excluding carboxylic acids is 4. The van der Waals surface area contributed by atoms with Crippen LogP contribution in [0, 0.1) is 13.8 Å². The number of nitrogens with one attached hydrogen (secondary N) is 2. The highest BCUT2D eigenvalue weighted by Crippen LogP contribution is 2.35. The van der Waals surface area contributed by atoms with Crippen LogP contribution >= 0.6 is 23.2 Å². The van der Waals surface area contributed by atoms with E-state index in [9.17, 15) is 19.2 Å². The van der Waals surface area contributed by atoms with E-state index in [-0.39, 0.29) is 21.4 Å². The highest BCUT2D eigenvalue weighted by atomic mass is 35.5. The summed E-state index contributed by atoms with van der Waals surface area (Å²) in [7, 11) is 0. The zero-order valence-electron chi connectivity index (χ0n) is 25.4. The molecule has 0 aliphatic heterocycles. The predicted octanol–water partition coefficient (Wildman–Crippen LogP) is 8.64. The van der Waals surface area contributed by atoms with Crippen LogP contribution in [-0.2, 0) is 19.2 Å². The fraction of sp³-hybridized carbons (Fsp3) is 0.176. The van der Waals surface area contributed by atoms with Crippen LogP contribution in [0.4, 0.5) is 22.7 Å². The molecule has 2 amide bonds. The third-order valence-corrected chi connectivity index (χ3v) is 7.30. The van der Waals surface area contributed by atoms with Crippen LogP contribution in [0.1, 0.15) is 25.0 Å². The molecule has 0 spiro atoms. The van der Waals surface area contributed by atoms with E-state index in [1.165, 1.54) is 13.8 Å².